The van der Waals surface area contributed by atoms with E-state index in [0.29, 0.717) is 39.1 Å². The van der Waals surface area contributed by atoms with Crippen LogP contribution in [0.5, 0.6) is 0 Å². The molecule has 0 bridgehead atoms. The third-order valence-electron chi connectivity index (χ3n) is 7.13. The van der Waals surface area contributed by atoms with Crippen molar-refractivity contribution in [3.8, 4) is 0 Å². The Morgan fingerprint density at radius 3 is 2.64 bits per heavy atom. The number of hydrogen-bond donors (Lipinski definition) is 1. The number of fused-ring (bicyclic) bond motifs is 3. The highest BCUT2D eigenvalue weighted by Crippen LogP contribution is 2.44. The minimum atomic E-state index is -0.737. The lowest BCUT2D eigenvalue weighted by atomic mass is 9.88. The molecule has 11 heteroatoms. The molecule has 212 valence electrons. The first-order valence-electron chi connectivity index (χ1n) is 13.3. The maximum atomic E-state index is 10.6. The minimum Gasteiger partial charge on any atom is -0.382 e. The van der Waals surface area contributed by atoms with Gasteiger partial charge in [-0.2, -0.15) is 0 Å². The summed E-state index contributed by atoms with van der Waals surface area (Å²) in [6.45, 7) is 7.22. The van der Waals surface area contributed by atoms with Crippen molar-refractivity contribution in [2.24, 2.45) is 0 Å². The van der Waals surface area contributed by atoms with Crippen LogP contribution in [0.4, 0.5) is 5.69 Å². The summed E-state index contributed by atoms with van der Waals surface area (Å²) >= 11 is 0. The number of nitrogens with zero attached hydrogens (tertiary/aromatic N) is 3. The number of anilines is 1. The van der Waals surface area contributed by atoms with Crippen LogP contribution in [0.2, 0.25) is 0 Å². The molecule has 0 aliphatic carbocycles. The topological polar surface area (TPSA) is 119 Å². The molecule has 2 aromatic heterocycles. The van der Waals surface area contributed by atoms with Gasteiger partial charge in [0, 0.05) is 31.2 Å². The van der Waals surface area contributed by atoms with E-state index in [-0.39, 0.29) is 12.8 Å². The van der Waals surface area contributed by atoms with Crippen LogP contribution in [-0.2, 0) is 23.8 Å². The molecule has 3 aromatic rings. The standard InChI is InChI=1S/C28H38N4O7/c1-5-22(39-32(33)34)12-9-15-36-18-38-27-24(21-10-7-6-8-11-21)30-25-23(26(27)37-17-16-35-4)13-14-31-20(3)19(2)29-28(25)31/h6-8,10-11,13-14,22,24,26-27,30H,5,9,12,15-18H2,1-4H3/t22?,24-,26-,27-/m1/s1. The van der Waals surface area contributed by atoms with Crippen LogP contribution in [0.3, 0.4) is 0 Å². The fourth-order valence-electron chi connectivity index (χ4n) is 4.94. The van der Waals surface area contributed by atoms with E-state index in [2.05, 4.69) is 34.8 Å². The number of rotatable bonds is 15. The molecule has 0 radical (unpaired) electrons. The number of benzene rings is 1. The van der Waals surface area contributed by atoms with E-state index >= 15 is 0 Å². The Bertz CT molecular complexity index is 1220. The molecule has 1 aliphatic rings. The molecule has 0 spiro atoms. The van der Waals surface area contributed by atoms with E-state index in [9.17, 15) is 10.1 Å². The van der Waals surface area contributed by atoms with Gasteiger partial charge in [0.1, 0.15) is 25.1 Å². The average molecular weight is 543 g/mol. The molecule has 1 unspecified atom stereocenters. The molecule has 1 aromatic carbocycles. The van der Waals surface area contributed by atoms with E-state index in [4.69, 9.17) is 28.8 Å². The van der Waals surface area contributed by atoms with Crippen LogP contribution >= 0.6 is 0 Å². The summed E-state index contributed by atoms with van der Waals surface area (Å²) in [5, 5.41) is 13.6. The van der Waals surface area contributed by atoms with Crippen LogP contribution in [-0.4, -0.2) is 60.4 Å². The van der Waals surface area contributed by atoms with Gasteiger partial charge in [0.2, 0.25) is 0 Å². The summed E-state index contributed by atoms with van der Waals surface area (Å²) in [6, 6.07) is 11.9. The van der Waals surface area contributed by atoms with Crippen molar-refractivity contribution >= 4 is 11.3 Å². The summed E-state index contributed by atoms with van der Waals surface area (Å²) in [5.41, 5.74) is 5.84. The van der Waals surface area contributed by atoms with Gasteiger partial charge in [-0.15, -0.1) is 10.1 Å². The van der Waals surface area contributed by atoms with Crippen LogP contribution in [0, 0.1) is 24.0 Å². The van der Waals surface area contributed by atoms with Gasteiger partial charge in [-0.3, -0.25) is 0 Å². The van der Waals surface area contributed by atoms with Gasteiger partial charge >= 0.3 is 0 Å². The molecular weight excluding hydrogens is 504 g/mol. The Labute approximate surface area is 228 Å². The molecule has 1 N–H and O–H groups in total. The largest absolute Gasteiger partial charge is 0.382 e. The van der Waals surface area contributed by atoms with Crippen molar-refractivity contribution in [1.82, 2.24) is 9.38 Å². The molecule has 11 nitrogen and oxygen atoms in total. The van der Waals surface area contributed by atoms with Crippen molar-refractivity contribution in [3.63, 3.8) is 0 Å². The lowest BCUT2D eigenvalue weighted by Crippen LogP contribution is -2.40. The molecular formula is C28H38N4O7. The number of hydrogen-bond acceptors (Lipinski definition) is 9. The predicted molar refractivity (Wildman–Crippen MR) is 145 cm³/mol. The van der Waals surface area contributed by atoms with Crippen LogP contribution in [0.25, 0.3) is 5.65 Å². The van der Waals surface area contributed by atoms with Crippen molar-refractivity contribution in [1.29, 1.82) is 0 Å². The maximum absolute atomic E-state index is 10.6. The van der Waals surface area contributed by atoms with Crippen LogP contribution in [0.15, 0.2) is 42.6 Å². The number of nitrogens with one attached hydrogen (secondary N) is 1. The quantitative estimate of drug-likeness (QED) is 0.123. The monoisotopic (exact) mass is 542 g/mol. The first-order valence-corrected chi connectivity index (χ1v) is 13.3. The first-order chi connectivity index (χ1) is 18.9. The highest BCUT2D eigenvalue weighted by molar-refractivity contribution is 5.75. The van der Waals surface area contributed by atoms with Gasteiger partial charge in [-0.25, -0.2) is 4.98 Å². The summed E-state index contributed by atoms with van der Waals surface area (Å²) in [4.78, 5) is 20.2. The maximum Gasteiger partial charge on any atom is 0.294 e. The summed E-state index contributed by atoms with van der Waals surface area (Å²) in [5.74, 6) is 0. The molecule has 0 fully saturated rings. The Balaban J connectivity index is 1.55. The zero-order chi connectivity index (χ0) is 27.8. The number of imidazole rings is 1. The van der Waals surface area contributed by atoms with Gasteiger partial charge in [0.25, 0.3) is 5.09 Å². The van der Waals surface area contributed by atoms with E-state index < -0.39 is 23.4 Å². The van der Waals surface area contributed by atoms with Gasteiger partial charge < -0.3 is 33.5 Å². The van der Waals surface area contributed by atoms with E-state index in [1.54, 1.807) is 7.11 Å². The predicted octanol–water partition coefficient (Wildman–Crippen LogP) is 4.95. The van der Waals surface area contributed by atoms with E-state index in [1.807, 2.05) is 38.2 Å². The second-order valence-corrected chi connectivity index (χ2v) is 9.60. The second-order valence-electron chi connectivity index (χ2n) is 9.60. The Morgan fingerprint density at radius 1 is 1.13 bits per heavy atom. The fraction of sp³-hybridized carbons (Fsp3) is 0.536. The highest BCUT2D eigenvalue weighted by atomic mass is 17.0. The Hall–Kier alpha value is -3.25. The molecule has 0 saturated heterocycles. The SMILES string of the molecule is CCC(CCCOCO[C@@H]1[C@@H](c2ccccc2)Nc2c(ccn3c(C)c(C)nc23)[C@H]1OCCOC)O[N+](=O)[O-]. The molecule has 0 amide bonds. The summed E-state index contributed by atoms with van der Waals surface area (Å²) in [6.07, 6.45) is 2.50. The van der Waals surface area contributed by atoms with E-state index in [1.165, 1.54) is 0 Å². The number of pyridine rings is 1. The minimum absolute atomic E-state index is 0.0475. The van der Waals surface area contributed by atoms with E-state index in [0.717, 1.165) is 33.8 Å². The number of aryl methyl sites for hydroxylation is 2. The van der Waals surface area contributed by atoms with Gasteiger partial charge in [-0.1, -0.05) is 37.3 Å². The fourth-order valence-corrected chi connectivity index (χ4v) is 4.94. The summed E-state index contributed by atoms with van der Waals surface area (Å²) < 4.78 is 25.9. The van der Waals surface area contributed by atoms with Gasteiger partial charge in [0.05, 0.1) is 30.6 Å². The smallest absolute Gasteiger partial charge is 0.294 e. The number of ether oxygens (including phenoxy) is 4. The van der Waals surface area contributed by atoms with Crippen LogP contribution in [0.1, 0.15) is 60.8 Å². The van der Waals surface area contributed by atoms with Gasteiger partial charge in [-0.05, 0) is 44.7 Å². The zero-order valence-electron chi connectivity index (χ0n) is 23.0. The third kappa shape index (κ3) is 6.85. The van der Waals surface area contributed by atoms with Crippen molar-refractivity contribution in [3.05, 3.63) is 75.2 Å². The highest BCUT2D eigenvalue weighted by Gasteiger charge is 2.40. The van der Waals surface area contributed by atoms with Gasteiger partial charge in [0.15, 0.2) is 5.65 Å². The lowest BCUT2D eigenvalue weighted by molar-refractivity contribution is -0.768. The average Bonchev–Trinajstić information content (AvgIpc) is 3.23. The molecule has 1 aliphatic heterocycles. The van der Waals surface area contributed by atoms with Crippen molar-refractivity contribution < 1.29 is 28.9 Å². The molecule has 3 heterocycles. The Kier molecular flexibility index (Phi) is 10.1. The second kappa shape index (κ2) is 13.7. The van der Waals surface area contributed by atoms with Crippen LogP contribution < -0.4 is 5.32 Å². The van der Waals surface area contributed by atoms with Crippen molar-refractivity contribution in [2.45, 2.75) is 64.4 Å². The third-order valence-corrected chi connectivity index (χ3v) is 7.13. The molecule has 4 atom stereocenters. The molecule has 4 rings (SSSR count). The normalized spacial score (nSPS) is 19.4. The number of aromatic nitrogens is 2. The lowest BCUT2D eigenvalue weighted by Gasteiger charge is -2.40. The first kappa shape index (κ1) is 28.8. The number of methoxy groups -OCH3 is 1. The summed E-state index contributed by atoms with van der Waals surface area (Å²) in [7, 11) is 1.65. The zero-order valence-corrected chi connectivity index (χ0v) is 23.0. The molecule has 39 heavy (non-hydrogen) atoms. The van der Waals surface area contributed by atoms with Crippen molar-refractivity contribution in [2.75, 3.05) is 39.0 Å². The Morgan fingerprint density at radius 2 is 1.92 bits per heavy atom. The molecule has 0 saturated carbocycles.